The van der Waals surface area contributed by atoms with E-state index in [9.17, 15) is 0 Å². The molecule has 0 unspecified atom stereocenters. The number of methoxy groups -OCH3 is 1. The molecule has 0 saturated heterocycles. The standard InChI is InChI=1S/C10H13BrO2/c1-3-6-13-10-7-8(11)4-5-9(10)12-2/h4-5,7H,3,6H2,1-2H3. The molecule has 0 N–H and O–H groups in total. The molecule has 1 aromatic carbocycles. The van der Waals surface area contributed by atoms with Crippen LogP contribution in [0.2, 0.25) is 0 Å². The average Bonchev–Trinajstić information content (AvgIpc) is 2.15. The lowest BCUT2D eigenvalue weighted by Gasteiger charge is -2.09. The Labute approximate surface area is 87.0 Å². The van der Waals surface area contributed by atoms with Crippen LogP contribution in [0.4, 0.5) is 0 Å². The first kappa shape index (κ1) is 10.4. The van der Waals surface area contributed by atoms with Crippen molar-refractivity contribution in [2.75, 3.05) is 13.7 Å². The fraction of sp³-hybridized carbons (Fsp3) is 0.400. The highest BCUT2D eigenvalue weighted by atomic mass is 79.9. The summed E-state index contributed by atoms with van der Waals surface area (Å²) in [6, 6.07) is 5.72. The number of rotatable bonds is 4. The third kappa shape index (κ3) is 2.92. The molecule has 2 nitrogen and oxygen atoms in total. The summed E-state index contributed by atoms with van der Waals surface area (Å²) in [7, 11) is 1.64. The van der Waals surface area contributed by atoms with Crippen LogP contribution >= 0.6 is 15.9 Å². The Morgan fingerprint density at radius 1 is 1.31 bits per heavy atom. The second kappa shape index (κ2) is 5.12. The van der Waals surface area contributed by atoms with Gasteiger partial charge in [0.05, 0.1) is 13.7 Å². The molecule has 0 aliphatic heterocycles. The van der Waals surface area contributed by atoms with E-state index in [0.29, 0.717) is 6.61 Å². The number of ether oxygens (including phenoxy) is 2. The lowest BCUT2D eigenvalue weighted by Crippen LogP contribution is -1.97. The van der Waals surface area contributed by atoms with Gasteiger partial charge in [0.25, 0.3) is 0 Å². The van der Waals surface area contributed by atoms with Crippen molar-refractivity contribution in [2.24, 2.45) is 0 Å². The third-order valence-electron chi connectivity index (χ3n) is 1.59. The van der Waals surface area contributed by atoms with Crippen LogP contribution in [-0.4, -0.2) is 13.7 Å². The lowest BCUT2D eigenvalue weighted by molar-refractivity contribution is 0.294. The summed E-state index contributed by atoms with van der Waals surface area (Å²) in [6.45, 7) is 2.79. The van der Waals surface area contributed by atoms with E-state index in [1.54, 1.807) is 7.11 Å². The fourth-order valence-corrected chi connectivity index (χ4v) is 1.32. The van der Waals surface area contributed by atoms with E-state index in [4.69, 9.17) is 9.47 Å². The molecule has 0 aromatic heterocycles. The number of benzene rings is 1. The van der Waals surface area contributed by atoms with Gasteiger partial charge in [-0.2, -0.15) is 0 Å². The maximum absolute atomic E-state index is 5.50. The van der Waals surface area contributed by atoms with Crippen molar-refractivity contribution >= 4 is 15.9 Å². The summed E-state index contributed by atoms with van der Waals surface area (Å²) in [6.07, 6.45) is 0.996. The van der Waals surface area contributed by atoms with Crippen LogP contribution in [0.5, 0.6) is 11.5 Å². The smallest absolute Gasteiger partial charge is 0.162 e. The minimum atomic E-state index is 0.715. The molecule has 0 heterocycles. The van der Waals surface area contributed by atoms with Gasteiger partial charge in [0.2, 0.25) is 0 Å². The maximum atomic E-state index is 5.50. The Balaban J connectivity index is 2.81. The minimum absolute atomic E-state index is 0.715. The molecule has 0 aliphatic rings. The monoisotopic (exact) mass is 244 g/mol. The molecular weight excluding hydrogens is 232 g/mol. The summed E-state index contributed by atoms with van der Waals surface area (Å²) in [5.74, 6) is 1.57. The quantitative estimate of drug-likeness (QED) is 0.810. The largest absolute Gasteiger partial charge is 0.493 e. The molecule has 0 spiro atoms. The summed E-state index contributed by atoms with van der Waals surface area (Å²) in [5, 5.41) is 0. The zero-order valence-corrected chi connectivity index (χ0v) is 9.43. The van der Waals surface area contributed by atoms with E-state index < -0.39 is 0 Å². The maximum Gasteiger partial charge on any atom is 0.162 e. The van der Waals surface area contributed by atoms with Gasteiger partial charge in [0.15, 0.2) is 11.5 Å². The molecular formula is C10H13BrO2. The normalized spacial score (nSPS) is 9.77. The van der Waals surface area contributed by atoms with E-state index in [2.05, 4.69) is 22.9 Å². The van der Waals surface area contributed by atoms with Gasteiger partial charge in [0.1, 0.15) is 0 Å². The van der Waals surface area contributed by atoms with Crippen LogP contribution in [0.3, 0.4) is 0 Å². The average molecular weight is 245 g/mol. The molecule has 0 aliphatic carbocycles. The highest BCUT2D eigenvalue weighted by Gasteiger charge is 2.03. The molecule has 0 amide bonds. The summed E-state index contributed by atoms with van der Waals surface area (Å²) >= 11 is 3.38. The van der Waals surface area contributed by atoms with Crippen molar-refractivity contribution in [3.63, 3.8) is 0 Å². The van der Waals surface area contributed by atoms with Crippen LogP contribution in [0.15, 0.2) is 22.7 Å². The molecule has 0 radical (unpaired) electrons. The van der Waals surface area contributed by atoms with Gasteiger partial charge in [-0.15, -0.1) is 0 Å². The Bertz CT molecular complexity index is 274. The Morgan fingerprint density at radius 2 is 2.08 bits per heavy atom. The van der Waals surface area contributed by atoms with Gasteiger partial charge in [-0.1, -0.05) is 22.9 Å². The predicted octanol–water partition coefficient (Wildman–Crippen LogP) is 3.25. The Hall–Kier alpha value is -0.700. The van der Waals surface area contributed by atoms with Crippen LogP contribution in [-0.2, 0) is 0 Å². The lowest BCUT2D eigenvalue weighted by atomic mass is 10.3. The third-order valence-corrected chi connectivity index (χ3v) is 2.08. The Morgan fingerprint density at radius 3 is 2.69 bits per heavy atom. The summed E-state index contributed by atoms with van der Waals surface area (Å²) in [5.41, 5.74) is 0. The SMILES string of the molecule is CCCOc1cc(Br)ccc1OC. The second-order valence-corrected chi connectivity index (χ2v) is 3.56. The van der Waals surface area contributed by atoms with Gasteiger partial charge in [-0.3, -0.25) is 0 Å². The van der Waals surface area contributed by atoms with Gasteiger partial charge in [0, 0.05) is 4.47 Å². The highest BCUT2D eigenvalue weighted by molar-refractivity contribution is 9.10. The molecule has 0 saturated carbocycles. The molecule has 72 valence electrons. The molecule has 1 aromatic rings. The van der Waals surface area contributed by atoms with Crippen molar-refractivity contribution in [1.29, 1.82) is 0 Å². The molecule has 0 bridgehead atoms. The zero-order valence-electron chi connectivity index (χ0n) is 7.84. The topological polar surface area (TPSA) is 18.5 Å². The Kier molecular flexibility index (Phi) is 4.09. The van der Waals surface area contributed by atoms with Crippen LogP contribution in [0.1, 0.15) is 13.3 Å². The van der Waals surface area contributed by atoms with Crippen molar-refractivity contribution in [3.05, 3.63) is 22.7 Å². The fourth-order valence-electron chi connectivity index (χ4n) is 0.975. The second-order valence-electron chi connectivity index (χ2n) is 2.64. The van der Waals surface area contributed by atoms with E-state index in [1.165, 1.54) is 0 Å². The molecule has 13 heavy (non-hydrogen) atoms. The number of hydrogen-bond donors (Lipinski definition) is 0. The number of halogens is 1. The van der Waals surface area contributed by atoms with E-state index in [1.807, 2.05) is 18.2 Å². The van der Waals surface area contributed by atoms with Gasteiger partial charge >= 0.3 is 0 Å². The van der Waals surface area contributed by atoms with Gasteiger partial charge in [-0.05, 0) is 24.6 Å². The number of hydrogen-bond acceptors (Lipinski definition) is 2. The summed E-state index contributed by atoms with van der Waals surface area (Å²) < 4.78 is 11.7. The highest BCUT2D eigenvalue weighted by Crippen LogP contribution is 2.30. The van der Waals surface area contributed by atoms with Crippen molar-refractivity contribution in [3.8, 4) is 11.5 Å². The van der Waals surface area contributed by atoms with E-state index in [-0.39, 0.29) is 0 Å². The summed E-state index contributed by atoms with van der Waals surface area (Å²) in [4.78, 5) is 0. The predicted molar refractivity (Wildman–Crippen MR) is 56.5 cm³/mol. The minimum Gasteiger partial charge on any atom is -0.493 e. The first-order valence-corrected chi connectivity index (χ1v) is 5.03. The molecule has 1 rings (SSSR count). The van der Waals surface area contributed by atoms with Gasteiger partial charge in [-0.25, -0.2) is 0 Å². The molecule has 0 atom stereocenters. The first-order chi connectivity index (χ1) is 6.27. The first-order valence-electron chi connectivity index (χ1n) is 4.24. The van der Waals surface area contributed by atoms with Crippen molar-refractivity contribution < 1.29 is 9.47 Å². The van der Waals surface area contributed by atoms with Crippen molar-refractivity contribution in [1.82, 2.24) is 0 Å². The molecule has 0 fully saturated rings. The van der Waals surface area contributed by atoms with Crippen LogP contribution in [0, 0.1) is 0 Å². The van der Waals surface area contributed by atoms with E-state index in [0.717, 1.165) is 22.4 Å². The molecule has 3 heteroatoms. The van der Waals surface area contributed by atoms with Crippen LogP contribution < -0.4 is 9.47 Å². The van der Waals surface area contributed by atoms with E-state index >= 15 is 0 Å². The van der Waals surface area contributed by atoms with Crippen molar-refractivity contribution in [2.45, 2.75) is 13.3 Å². The zero-order chi connectivity index (χ0) is 9.68. The van der Waals surface area contributed by atoms with Gasteiger partial charge < -0.3 is 9.47 Å². The van der Waals surface area contributed by atoms with Crippen LogP contribution in [0.25, 0.3) is 0 Å².